The van der Waals surface area contributed by atoms with Crippen molar-refractivity contribution in [3.05, 3.63) is 18.0 Å². The molecule has 0 aliphatic carbocycles. The van der Waals surface area contributed by atoms with Gasteiger partial charge in [-0.1, -0.05) is 0 Å². The summed E-state index contributed by atoms with van der Waals surface area (Å²) >= 11 is 0. The Kier molecular flexibility index (Phi) is 6.11. The van der Waals surface area contributed by atoms with E-state index in [0.717, 1.165) is 19.5 Å². The van der Waals surface area contributed by atoms with Gasteiger partial charge in [0.2, 0.25) is 5.95 Å². The first-order valence-electron chi connectivity index (χ1n) is 7.97. The number of hydrogen-bond acceptors (Lipinski definition) is 7. The predicted octanol–water partition coefficient (Wildman–Crippen LogP) is 0.0993. The molecular weight excluding hydrogens is 330 g/mol. The molecule has 1 fully saturated rings. The largest absolute Gasteiger partial charge is 0.354 e. The maximum Gasteiger partial charge on any atom is 0.257 e. The number of nitrogens with one attached hydrogen (secondary N) is 1. The third kappa shape index (κ3) is 5.13. The number of nitrogens with zero attached hydrogens (tertiary/aromatic N) is 4. The molecule has 134 valence electrons. The van der Waals surface area contributed by atoms with Gasteiger partial charge < -0.3 is 15.1 Å². The van der Waals surface area contributed by atoms with E-state index in [2.05, 4.69) is 20.2 Å². The molecule has 2 rings (SSSR count). The van der Waals surface area contributed by atoms with E-state index in [1.165, 1.54) is 17.3 Å². The first kappa shape index (κ1) is 18.6. The van der Waals surface area contributed by atoms with Crippen molar-refractivity contribution >= 4 is 21.7 Å². The molecule has 24 heavy (non-hydrogen) atoms. The van der Waals surface area contributed by atoms with Crippen molar-refractivity contribution < 1.29 is 13.2 Å². The lowest BCUT2D eigenvalue weighted by atomic mass is 10.2. The van der Waals surface area contributed by atoms with Gasteiger partial charge in [0.25, 0.3) is 5.91 Å². The Morgan fingerprint density at radius 2 is 1.96 bits per heavy atom. The number of rotatable bonds is 7. The summed E-state index contributed by atoms with van der Waals surface area (Å²) < 4.78 is 23.1. The van der Waals surface area contributed by atoms with Crippen LogP contribution in [0.2, 0.25) is 0 Å². The monoisotopic (exact) mass is 355 g/mol. The average Bonchev–Trinajstić information content (AvgIpc) is 2.90. The number of aromatic nitrogens is 2. The van der Waals surface area contributed by atoms with Crippen LogP contribution in [-0.2, 0) is 9.84 Å². The topological polar surface area (TPSA) is 95.5 Å². The molecule has 0 aromatic carbocycles. The van der Waals surface area contributed by atoms with Gasteiger partial charge in [-0.25, -0.2) is 18.4 Å². The molecule has 1 unspecified atom stereocenters. The zero-order valence-electron chi connectivity index (χ0n) is 14.4. The van der Waals surface area contributed by atoms with Crippen molar-refractivity contribution in [1.82, 2.24) is 19.8 Å². The van der Waals surface area contributed by atoms with Crippen LogP contribution in [0.5, 0.6) is 0 Å². The highest BCUT2D eigenvalue weighted by Crippen LogP contribution is 2.18. The minimum atomic E-state index is -3.02. The normalized spacial score (nSPS) is 19.4. The summed E-state index contributed by atoms with van der Waals surface area (Å²) in [4.78, 5) is 24.3. The van der Waals surface area contributed by atoms with Crippen molar-refractivity contribution in [1.29, 1.82) is 0 Å². The highest BCUT2D eigenvalue weighted by atomic mass is 32.2. The second-order valence-electron chi connectivity index (χ2n) is 6.35. The lowest BCUT2D eigenvalue weighted by molar-refractivity contribution is 0.0747. The highest BCUT2D eigenvalue weighted by Gasteiger charge is 2.33. The molecule has 1 saturated heterocycles. The van der Waals surface area contributed by atoms with E-state index in [4.69, 9.17) is 0 Å². The van der Waals surface area contributed by atoms with E-state index in [1.807, 2.05) is 14.1 Å². The van der Waals surface area contributed by atoms with E-state index < -0.39 is 9.84 Å². The van der Waals surface area contributed by atoms with Crippen LogP contribution >= 0.6 is 0 Å². The molecule has 1 N–H and O–H groups in total. The lowest BCUT2D eigenvalue weighted by Gasteiger charge is -2.23. The van der Waals surface area contributed by atoms with Crippen molar-refractivity contribution in [3.8, 4) is 0 Å². The summed E-state index contributed by atoms with van der Waals surface area (Å²) in [6, 6.07) is -0.272. The molecule has 1 amide bonds. The van der Waals surface area contributed by atoms with Crippen LogP contribution in [0.25, 0.3) is 0 Å². The van der Waals surface area contributed by atoms with Crippen molar-refractivity contribution in [2.24, 2.45) is 0 Å². The third-order valence-corrected chi connectivity index (χ3v) is 5.79. The molecule has 0 bridgehead atoms. The smallest absolute Gasteiger partial charge is 0.257 e. The van der Waals surface area contributed by atoms with Crippen LogP contribution in [0.15, 0.2) is 12.4 Å². The summed E-state index contributed by atoms with van der Waals surface area (Å²) in [5, 5.41) is 3.11. The maximum atomic E-state index is 12.4. The van der Waals surface area contributed by atoms with Gasteiger partial charge in [-0.05, 0) is 33.5 Å². The van der Waals surface area contributed by atoms with Gasteiger partial charge in [-0.15, -0.1) is 0 Å². The minimum absolute atomic E-state index is 0.0294. The zero-order valence-corrected chi connectivity index (χ0v) is 15.2. The summed E-state index contributed by atoms with van der Waals surface area (Å²) in [6.45, 7) is 1.73. The molecule has 2 heterocycles. The number of carbonyl (C=O) groups excluding carboxylic acids is 1. The lowest BCUT2D eigenvalue weighted by Crippen LogP contribution is -2.37. The first-order chi connectivity index (χ1) is 11.3. The molecule has 1 aromatic rings. The standard InChI is InChI=1S/C15H25N5O3S/c1-19(2)7-4-6-16-15-17-9-12(10-18-15)14(21)20(3)13-5-8-24(22,23)11-13/h9-10,13H,4-8,11H2,1-3H3,(H,16,17,18). The van der Waals surface area contributed by atoms with Crippen LogP contribution in [-0.4, -0.2) is 85.9 Å². The molecular formula is C15H25N5O3S. The number of anilines is 1. The summed E-state index contributed by atoms with van der Waals surface area (Å²) in [6.07, 6.45) is 4.40. The van der Waals surface area contributed by atoms with Gasteiger partial charge in [0.15, 0.2) is 9.84 Å². The summed E-state index contributed by atoms with van der Waals surface area (Å²) in [5.74, 6) is 0.399. The highest BCUT2D eigenvalue weighted by molar-refractivity contribution is 7.91. The Labute approximate surface area is 143 Å². The Balaban J connectivity index is 1.89. The van der Waals surface area contributed by atoms with Gasteiger partial charge in [0, 0.05) is 32.0 Å². The van der Waals surface area contributed by atoms with E-state index in [0.29, 0.717) is 17.9 Å². The van der Waals surface area contributed by atoms with Gasteiger partial charge in [0.05, 0.1) is 17.1 Å². The van der Waals surface area contributed by atoms with Crippen molar-refractivity contribution in [3.63, 3.8) is 0 Å². The van der Waals surface area contributed by atoms with Crippen LogP contribution in [0.3, 0.4) is 0 Å². The molecule has 1 aromatic heterocycles. The van der Waals surface area contributed by atoms with E-state index in [9.17, 15) is 13.2 Å². The number of amides is 1. The third-order valence-electron chi connectivity index (χ3n) is 4.04. The van der Waals surface area contributed by atoms with Gasteiger partial charge in [-0.2, -0.15) is 0 Å². The summed E-state index contributed by atoms with van der Waals surface area (Å²) in [7, 11) is 2.64. The van der Waals surface area contributed by atoms with E-state index in [1.54, 1.807) is 7.05 Å². The van der Waals surface area contributed by atoms with Crippen molar-refractivity contribution in [2.45, 2.75) is 18.9 Å². The fourth-order valence-electron chi connectivity index (χ4n) is 2.58. The number of carbonyl (C=O) groups is 1. The van der Waals surface area contributed by atoms with Gasteiger partial charge in [-0.3, -0.25) is 4.79 Å². The Bertz CT molecular complexity index is 660. The van der Waals surface area contributed by atoms with Crippen molar-refractivity contribution in [2.75, 3.05) is 51.1 Å². The Morgan fingerprint density at radius 1 is 1.29 bits per heavy atom. The van der Waals surface area contributed by atoms with Crippen LogP contribution in [0.4, 0.5) is 5.95 Å². The van der Waals surface area contributed by atoms with Gasteiger partial charge >= 0.3 is 0 Å². The van der Waals surface area contributed by atoms with Gasteiger partial charge in [0.1, 0.15) is 0 Å². The Hall–Kier alpha value is -1.74. The molecule has 1 aliphatic rings. The maximum absolute atomic E-state index is 12.4. The number of sulfone groups is 1. The fraction of sp³-hybridized carbons (Fsp3) is 0.667. The second-order valence-corrected chi connectivity index (χ2v) is 8.58. The van der Waals surface area contributed by atoms with Crippen LogP contribution in [0, 0.1) is 0 Å². The molecule has 0 spiro atoms. The Morgan fingerprint density at radius 3 is 2.50 bits per heavy atom. The predicted molar refractivity (Wildman–Crippen MR) is 92.8 cm³/mol. The minimum Gasteiger partial charge on any atom is -0.354 e. The van der Waals surface area contributed by atoms with Crippen LogP contribution < -0.4 is 5.32 Å². The van der Waals surface area contributed by atoms with E-state index in [-0.39, 0.29) is 23.5 Å². The van der Waals surface area contributed by atoms with E-state index >= 15 is 0 Å². The molecule has 9 heteroatoms. The second kappa shape index (κ2) is 7.89. The zero-order chi connectivity index (χ0) is 17.7. The van der Waals surface area contributed by atoms with Crippen LogP contribution in [0.1, 0.15) is 23.2 Å². The molecule has 1 aliphatic heterocycles. The quantitative estimate of drug-likeness (QED) is 0.693. The molecule has 0 saturated carbocycles. The first-order valence-corrected chi connectivity index (χ1v) is 9.79. The molecule has 0 radical (unpaired) electrons. The average molecular weight is 355 g/mol. The fourth-order valence-corrected chi connectivity index (χ4v) is 4.35. The summed E-state index contributed by atoms with van der Waals surface area (Å²) in [5.41, 5.74) is 0.362. The molecule has 8 nitrogen and oxygen atoms in total. The molecule has 1 atom stereocenters. The SMILES string of the molecule is CN(C)CCCNc1ncc(C(=O)N(C)C2CCS(=O)(=O)C2)cn1. The number of hydrogen-bond donors (Lipinski definition) is 1.